The van der Waals surface area contributed by atoms with Gasteiger partial charge in [-0.1, -0.05) is 21.1 Å². The molecule has 1 aromatic heterocycles. The van der Waals surface area contributed by atoms with Crippen LogP contribution in [0.25, 0.3) is 0 Å². The zero-order valence-electron chi connectivity index (χ0n) is 10.7. The predicted octanol–water partition coefficient (Wildman–Crippen LogP) is 4.03. The first-order valence-electron chi connectivity index (χ1n) is 6.46. The molecule has 3 rings (SSSR count). The molecule has 1 aliphatic rings. The van der Waals surface area contributed by atoms with Gasteiger partial charge in [-0.25, -0.2) is 0 Å². The van der Waals surface area contributed by atoms with Gasteiger partial charge in [0.1, 0.15) is 12.4 Å². The molecule has 1 saturated carbocycles. The third-order valence-corrected chi connectivity index (χ3v) is 4.13. The number of aromatic nitrogens is 1. The maximum atomic E-state index is 5.71. The molecular weight excluding hydrogens is 388 g/mol. The van der Waals surface area contributed by atoms with Gasteiger partial charge in [0, 0.05) is 23.1 Å². The molecule has 1 N–H and O–H groups in total. The van der Waals surface area contributed by atoms with Crippen LogP contribution in [0.3, 0.4) is 0 Å². The van der Waals surface area contributed by atoms with Crippen molar-refractivity contribution in [3.63, 3.8) is 0 Å². The summed E-state index contributed by atoms with van der Waals surface area (Å²) in [6, 6.07) is 8.39. The molecule has 0 unspecified atom stereocenters. The fourth-order valence-electron chi connectivity index (χ4n) is 1.78. The lowest BCUT2D eigenvalue weighted by molar-refractivity contribution is 0.247. The van der Waals surface area contributed by atoms with Crippen LogP contribution in [-0.4, -0.2) is 11.2 Å². The van der Waals surface area contributed by atoms with Crippen LogP contribution in [0.2, 0.25) is 0 Å². The zero-order chi connectivity index (χ0) is 13.9. The van der Waals surface area contributed by atoms with Gasteiger partial charge in [0.2, 0.25) is 0 Å². The fraction of sp³-hybridized carbons (Fsp3) is 0.357. The molecule has 0 amide bonds. The Hall–Kier alpha value is -0.850. The number of benzene rings is 1. The van der Waals surface area contributed by atoms with E-state index in [1.54, 1.807) is 0 Å². The van der Waals surface area contributed by atoms with E-state index in [4.69, 9.17) is 9.26 Å². The lowest BCUT2D eigenvalue weighted by atomic mass is 10.3. The molecular formula is C14H14Br2N2O2. The molecule has 0 spiro atoms. The highest BCUT2D eigenvalue weighted by molar-refractivity contribution is 9.11. The molecule has 0 radical (unpaired) electrons. The van der Waals surface area contributed by atoms with E-state index in [-0.39, 0.29) is 0 Å². The molecule has 0 aliphatic heterocycles. The first kappa shape index (κ1) is 14.1. The van der Waals surface area contributed by atoms with Gasteiger partial charge in [-0.2, -0.15) is 0 Å². The summed E-state index contributed by atoms with van der Waals surface area (Å²) in [5.74, 6) is 1.51. The van der Waals surface area contributed by atoms with Crippen LogP contribution in [0.15, 0.2) is 37.7 Å². The predicted molar refractivity (Wildman–Crippen MR) is 82.5 cm³/mol. The monoisotopic (exact) mass is 400 g/mol. The molecule has 1 heterocycles. The maximum Gasteiger partial charge on any atom is 0.174 e. The minimum atomic E-state index is 0.372. The number of hydrogen-bond donors (Lipinski definition) is 1. The van der Waals surface area contributed by atoms with Crippen molar-refractivity contribution < 1.29 is 9.26 Å². The van der Waals surface area contributed by atoms with E-state index in [0.717, 1.165) is 32.7 Å². The Morgan fingerprint density at radius 1 is 1.30 bits per heavy atom. The van der Waals surface area contributed by atoms with Crippen molar-refractivity contribution in [1.29, 1.82) is 0 Å². The van der Waals surface area contributed by atoms with E-state index < -0.39 is 0 Å². The Balaban J connectivity index is 1.54. The zero-order valence-corrected chi connectivity index (χ0v) is 13.9. The van der Waals surface area contributed by atoms with Crippen molar-refractivity contribution in [2.75, 3.05) is 0 Å². The van der Waals surface area contributed by atoms with Crippen LogP contribution in [0.4, 0.5) is 0 Å². The van der Waals surface area contributed by atoms with Gasteiger partial charge in [-0.3, -0.25) is 0 Å². The molecule has 106 valence electrons. The summed E-state index contributed by atoms with van der Waals surface area (Å²) >= 11 is 6.87. The van der Waals surface area contributed by atoms with Gasteiger partial charge in [0.25, 0.3) is 0 Å². The van der Waals surface area contributed by atoms with Crippen molar-refractivity contribution in [3.05, 3.63) is 44.7 Å². The molecule has 4 nitrogen and oxygen atoms in total. The van der Waals surface area contributed by atoms with Crippen molar-refractivity contribution in [2.45, 2.75) is 32.0 Å². The number of nitrogens with one attached hydrogen (secondary N) is 1. The molecule has 0 atom stereocenters. The Morgan fingerprint density at radius 3 is 2.90 bits per heavy atom. The lowest BCUT2D eigenvalue weighted by Crippen LogP contribution is -2.15. The van der Waals surface area contributed by atoms with Crippen LogP contribution >= 0.6 is 31.9 Å². The van der Waals surface area contributed by atoms with Crippen LogP contribution in [0, 0.1) is 0 Å². The maximum absolute atomic E-state index is 5.71. The third-order valence-electron chi connectivity index (χ3n) is 3.02. The first-order chi connectivity index (χ1) is 9.70. The van der Waals surface area contributed by atoms with Gasteiger partial charge < -0.3 is 14.6 Å². The Kier molecular flexibility index (Phi) is 4.43. The normalized spacial score (nSPS) is 14.5. The number of ether oxygens (including phenoxy) is 1. The highest BCUT2D eigenvalue weighted by atomic mass is 79.9. The van der Waals surface area contributed by atoms with E-state index in [2.05, 4.69) is 42.3 Å². The third kappa shape index (κ3) is 3.84. The second-order valence-electron chi connectivity index (χ2n) is 4.80. The van der Waals surface area contributed by atoms with Crippen LogP contribution in [0.5, 0.6) is 5.75 Å². The smallest absolute Gasteiger partial charge is 0.174 e. The second-order valence-corrected chi connectivity index (χ2v) is 6.57. The average molecular weight is 402 g/mol. The summed E-state index contributed by atoms with van der Waals surface area (Å²) in [5, 5.41) is 7.43. The van der Waals surface area contributed by atoms with Gasteiger partial charge >= 0.3 is 0 Å². The van der Waals surface area contributed by atoms with Crippen molar-refractivity contribution >= 4 is 31.9 Å². The van der Waals surface area contributed by atoms with E-state index in [1.165, 1.54) is 12.8 Å². The Bertz CT molecular complexity index is 597. The van der Waals surface area contributed by atoms with Crippen LogP contribution < -0.4 is 10.1 Å². The summed E-state index contributed by atoms with van der Waals surface area (Å²) in [4.78, 5) is 0. The molecule has 0 saturated heterocycles. The summed E-state index contributed by atoms with van der Waals surface area (Å²) in [5.41, 5.74) is 0.922. The van der Waals surface area contributed by atoms with E-state index in [9.17, 15) is 0 Å². The second kappa shape index (κ2) is 6.28. The average Bonchev–Trinajstić information content (AvgIpc) is 3.14. The highest BCUT2D eigenvalue weighted by Gasteiger charge is 2.20. The Morgan fingerprint density at radius 2 is 2.15 bits per heavy atom. The molecule has 2 aromatic rings. The number of rotatable bonds is 6. The van der Waals surface area contributed by atoms with Gasteiger partial charge in [0.15, 0.2) is 5.76 Å². The quantitative estimate of drug-likeness (QED) is 0.793. The molecule has 1 aliphatic carbocycles. The molecule has 0 bridgehead atoms. The number of hydrogen-bond acceptors (Lipinski definition) is 4. The minimum absolute atomic E-state index is 0.372. The van der Waals surface area contributed by atoms with Gasteiger partial charge in [0.05, 0.1) is 10.2 Å². The van der Waals surface area contributed by atoms with E-state index in [0.29, 0.717) is 12.6 Å². The molecule has 20 heavy (non-hydrogen) atoms. The summed E-state index contributed by atoms with van der Waals surface area (Å²) in [6.45, 7) is 1.13. The SMILES string of the molecule is Brc1ccc(OCc2cc(CNC3CC3)no2)c(Br)c1. The largest absolute Gasteiger partial charge is 0.484 e. The van der Waals surface area contributed by atoms with Gasteiger partial charge in [-0.05, 0) is 47.0 Å². The molecule has 6 heteroatoms. The lowest BCUT2D eigenvalue weighted by Gasteiger charge is -2.06. The van der Waals surface area contributed by atoms with Crippen LogP contribution in [0.1, 0.15) is 24.3 Å². The topological polar surface area (TPSA) is 47.3 Å². The fourth-order valence-corrected chi connectivity index (χ4v) is 2.95. The number of halogens is 2. The van der Waals surface area contributed by atoms with Crippen LogP contribution in [-0.2, 0) is 13.2 Å². The van der Waals surface area contributed by atoms with Gasteiger partial charge in [-0.15, -0.1) is 0 Å². The summed E-state index contributed by atoms with van der Waals surface area (Å²) < 4.78 is 12.9. The van der Waals surface area contributed by atoms with E-state index >= 15 is 0 Å². The number of nitrogens with zero attached hydrogens (tertiary/aromatic N) is 1. The Labute approximate surface area is 134 Å². The van der Waals surface area contributed by atoms with Crippen molar-refractivity contribution in [1.82, 2.24) is 10.5 Å². The molecule has 1 aromatic carbocycles. The summed E-state index contributed by atoms with van der Waals surface area (Å²) in [6.07, 6.45) is 2.54. The highest BCUT2D eigenvalue weighted by Crippen LogP contribution is 2.28. The summed E-state index contributed by atoms with van der Waals surface area (Å²) in [7, 11) is 0. The standard InChI is InChI=1S/C14H14Br2N2O2/c15-9-1-4-14(13(16)5-9)19-8-12-6-11(18-20-12)7-17-10-2-3-10/h1,4-6,10,17H,2-3,7-8H2. The van der Waals surface area contributed by atoms with Crippen molar-refractivity contribution in [3.8, 4) is 5.75 Å². The first-order valence-corrected chi connectivity index (χ1v) is 8.05. The molecule has 1 fully saturated rings. The van der Waals surface area contributed by atoms with Crippen molar-refractivity contribution in [2.24, 2.45) is 0 Å². The van der Waals surface area contributed by atoms with E-state index in [1.807, 2.05) is 24.3 Å². The minimum Gasteiger partial charge on any atom is -0.484 e.